The van der Waals surface area contributed by atoms with E-state index in [4.69, 9.17) is 15.2 Å². The number of rotatable bonds is 9. The lowest BCUT2D eigenvalue weighted by molar-refractivity contribution is -0.120. The monoisotopic (exact) mass is 384 g/mol. The van der Waals surface area contributed by atoms with Crippen LogP contribution in [-0.4, -0.2) is 25.0 Å². The molecular weight excluding hydrogens is 356 g/mol. The van der Waals surface area contributed by atoms with E-state index >= 15 is 0 Å². The molecule has 1 unspecified atom stereocenters. The smallest absolute Gasteiger partial charge is 0.251 e. The summed E-state index contributed by atoms with van der Waals surface area (Å²) in [6, 6.07) is 12.2. The summed E-state index contributed by atoms with van der Waals surface area (Å²) in [4.78, 5) is 23.8. The second kappa shape index (κ2) is 9.78. The molecule has 0 bridgehead atoms. The van der Waals surface area contributed by atoms with Crippen LogP contribution in [0.2, 0.25) is 0 Å². The third-order valence-corrected chi connectivity index (χ3v) is 4.51. The van der Waals surface area contributed by atoms with E-state index in [-0.39, 0.29) is 11.8 Å². The van der Waals surface area contributed by atoms with Gasteiger partial charge in [0.25, 0.3) is 5.91 Å². The maximum Gasteiger partial charge on any atom is 0.251 e. The van der Waals surface area contributed by atoms with Crippen molar-refractivity contribution >= 4 is 11.8 Å². The highest BCUT2D eigenvalue weighted by atomic mass is 16.5. The van der Waals surface area contributed by atoms with Crippen molar-refractivity contribution in [2.24, 2.45) is 11.7 Å². The molecule has 2 aromatic rings. The highest BCUT2D eigenvalue weighted by Gasteiger charge is 2.22. The molecule has 0 aliphatic carbocycles. The number of hydrogen-bond donors (Lipinski definition) is 2. The van der Waals surface area contributed by atoms with Gasteiger partial charge in [-0.2, -0.15) is 0 Å². The van der Waals surface area contributed by atoms with Crippen molar-refractivity contribution < 1.29 is 19.1 Å². The van der Waals surface area contributed by atoms with Crippen LogP contribution in [0.1, 0.15) is 42.3 Å². The van der Waals surface area contributed by atoms with Crippen molar-refractivity contribution in [2.75, 3.05) is 7.11 Å². The zero-order valence-corrected chi connectivity index (χ0v) is 16.8. The number of ether oxygens (including phenoxy) is 2. The first-order chi connectivity index (χ1) is 13.3. The maximum atomic E-state index is 12.3. The molecule has 3 N–H and O–H groups in total. The normalized spacial score (nSPS) is 11.8. The fourth-order valence-corrected chi connectivity index (χ4v) is 2.76. The van der Waals surface area contributed by atoms with Gasteiger partial charge < -0.3 is 20.5 Å². The van der Waals surface area contributed by atoms with Crippen LogP contribution >= 0.6 is 0 Å². The first kappa shape index (κ1) is 21.3. The zero-order chi connectivity index (χ0) is 20.7. The van der Waals surface area contributed by atoms with Gasteiger partial charge in [-0.3, -0.25) is 9.59 Å². The second-order valence-electron chi connectivity index (χ2n) is 6.92. The summed E-state index contributed by atoms with van der Waals surface area (Å²) in [5, 5.41) is 2.67. The summed E-state index contributed by atoms with van der Waals surface area (Å²) in [6.45, 7) is 6.09. The summed E-state index contributed by atoms with van der Waals surface area (Å²) >= 11 is 0. The molecule has 0 aliphatic heterocycles. The van der Waals surface area contributed by atoms with Crippen molar-refractivity contribution in [3.63, 3.8) is 0 Å². The Hall–Kier alpha value is -3.02. The van der Waals surface area contributed by atoms with Gasteiger partial charge in [0.1, 0.15) is 12.6 Å². The number of hydrogen-bond acceptors (Lipinski definition) is 4. The number of carbonyl (C=O) groups excluding carboxylic acids is 2. The van der Waals surface area contributed by atoms with E-state index in [1.54, 1.807) is 19.2 Å². The number of amides is 2. The standard InChI is InChI=1S/C22H28N2O4/c1-5-15-8-11-18(19(12-15)27-4)28-13-16-6-9-17(10-7-16)22(26)24-20(14(2)3)21(23)25/h6-12,14,20H,5,13H2,1-4H3,(H2,23,25)(H,24,26). The number of carbonyl (C=O) groups is 2. The molecule has 6 heteroatoms. The number of benzene rings is 2. The summed E-state index contributed by atoms with van der Waals surface area (Å²) in [5.74, 6) is 0.408. The van der Waals surface area contributed by atoms with Crippen LogP contribution in [0.25, 0.3) is 0 Å². The summed E-state index contributed by atoms with van der Waals surface area (Å²) in [5.41, 5.74) is 7.89. The minimum absolute atomic E-state index is 0.0804. The summed E-state index contributed by atoms with van der Waals surface area (Å²) < 4.78 is 11.2. The molecular formula is C22H28N2O4. The molecule has 0 spiro atoms. The van der Waals surface area contributed by atoms with E-state index < -0.39 is 11.9 Å². The van der Waals surface area contributed by atoms with Gasteiger partial charge in [0.05, 0.1) is 7.11 Å². The first-order valence-corrected chi connectivity index (χ1v) is 9.34. The lowest BCUT2D eigenvalue weighted by Gasteiger charge is -2.19. The minimum Gasteiger partial charge on any atom is -0.493 e. The van der Waals surface area contributed by atoms with Crippen LogP contribution in [0.5, 0.6) is 11.5 Å². The van der Waals surface area contributed by atoms with Gasteiger partial charge >= 0.3 is 0 Å². The highest BCUT2D eigenvalue weighted by molar-refractivity contribution is 5.97. The molecule has 1 atom stereocenters. The quantitative estimate of drug-likeness (QED) is 0.695. The molecule has 0 fully saturated rings. The number of nitrogens with one attached hydrogen (secondary N) is 1. The average molecular weight is 384 g/mol. The van der Waals surface area contributed by atoms with Gasteiger partial charge in [0, 0.05) is 5.56 Å². The van der Waals surface area contributed by atoms with Gasteiger partial charge in [-0.05, 0) is 47.7 Å². The lowest BCUT2D eigenvalue weighted by Crippen LogP contribution is -2.47. The fourth-order valence-electron chi connectivity index (χ4n) is 2.76. The Balaban J connectivity index is 2.01. The number of primary amides is 1. The van der Waals surface area contributed by atoms with Crippen LogP contribution in [0.15, 0.2) is 42.5 Å². The van der Waals surface area contributed by atoms with Gasteiger partial charge in [-0.15, -0.1) is 0 Å². The first-order valence-electron chi connectivity index (χ1n) is 9.34. The Morgan fingerprint density at radius 1 is 1.04 bits per heavy atom. The molecule has 150 valence electrons. The Kier molecular flexibility index (Phi) is 7.44. The van der Waals surface area contributed by atoms with Crippen molar-refractivity contribution in [2.45, 2.75) is 39.8 Å². The molecule has 2 rings (SSSR count). The van der Waals surface area contributed by atoms with Crippen molar-refractivity contribution in [1.82, 2.24) is 5.32 Å². The van der Waals surface area contributed by atoms with E-state index in [0.29, 0.717) is 23.7 Å². The number of methoxy groups -OCH3 is 1. The van der Waals surface area contributed by atoms with E-state index in [2.05, 4.69) is 12.2 Å². The van der Waals surface area contributed by atoms with Gasteiger partial charge in [-0.25, -0.2) is 0 Å². The number of nitrogens with two attached hydrogens (primary N) is 1. The Morgan fingerprint density at radius 3 is 2.21 bits per heavy atom. The largest absolute Gasteiger partial charge is 0.493 e. The van der Waals surface area contributed by atoms with Crippen LogP contribution in [0.4, 0.5) is 0 Å². The predicted molar refractivity (Wildman–Crippen MR) is 108 cm³/mol. The van der Waals surface area contributed by atoms with E-state index in [1.807, 2.05) is 44.2 Å². The van der Waals surface area contributed by atoms with Crippen molar-refractivity contribution in [3.8, 4) is 11.5 Å². The highest BCUT2D eigenvalue weighted by Crippen LogP contribution is 2.29. The third kappa shape index (κ3) is 5.49. The van der Waals surface area contributed by atoms with Crippen molar-refractivity contribution in [1.29, 1.82) is 0 Å². The molecule has 6 nitrogen and oxygen atoms in total. The predicted octanol–water partition coefficient (Wildman–Crippen LogP) is 3.08. The third-order valence-electron chi connectivity index (χ3n) is 4.51. The molecule has 0 heterocycles. The summed E-state index contributed by atoms with van der Waals surface area (Å²) in [7, 11) is 1.62. The molecule has 0 aliphatic rings. The molecule has 28 heavy (non-hydrogen) atoms. The molecule has 2 aromatic carbocycles. The maximum absolute atomic E-state index is 12.3. The van der Waals surface area contributed by atoms with Gasteiger partial charge in [-0.1, -0.05) is 39.0 Å². The minimum atomic E-state index is -0.700. The second-order valence-corrected chi connectivity index (χ2v) is 6.92. The summed E-state index contributed by atoms with van der Waals surface area (Å²) in [6.07, 6.45) is 0.924. The lowest BCUT2D eigenvalue weighted by atomic mass is 10.0. The van der Waals surface area contributed by atoms with E-state index in [9.17, 15) is 9.59 Å². The van der Waals surface area contributed by atoms with Crippen molar-refractivity contribution in [3.05, 3.63) is 59.2 Å². The van der Waals surface area contributed by atoms with Gasteiger partial charge in [0.2, 0.25) is 5.91 Å². The average Bonchev–Trinajstić information content (AvgIpc) is 2.69. The van der Waals surface area contributed by atoms with Gasteiger partial charge in [0.15, 0.2) is 11.5 Å². The molecule has 0 aromatic heterocycles. The Labute approximate surface area is 166 Å². The van der Waals surface area contributed by atoms with Crippen LogP contribution in [0.3, 0.4) is 0 Å². The van der Waals surface area contributed by atoms with Crippen LogP contribution in [-0.2, 0) is 17.8 Å². The topological polar surface area (TPSA) is 90.6 Å². The van der Waals surface area contributed by atoms with E-state index in [0.717, 1.165) is 12.0 Å². The Bertz CT molecular complexity index is 816. The Morgan fingerprint density at radius 2 is 1.68 bits per heavy atom. The molecule has 0 saturated heterocycles. The van der Waals surface area contributed by atoms with Crippen LogP contribution in [0, 0.1) is 5.92 Å². The zero-order valence-electron chi connectivity index (χ0n) is 16.8. The molecule has 0 saturated carbocycles. The van der Waals surface area contributed by atoms with E-state index in [1.165, 1.54) is 5.56 Å². The SMILES string of the molecule is CCc1ccc(OCc2ccc(C(=O)NC(C(N)=O)C(C)C)cc2)c(OC)c1. The fraction of sp³-hybridized carbons (Fsp3) is 0.364. The molecule has 2 amide bonds. The number of aryl methyl sites for hydroxylation is 1. The molecule has 0 radical (unpaired) electrons. The van der Waals surface area contributed by atoms with Crippen LogP contribution < -0.4 is 20.5 Å².